The number of imidazole rings is 1. The minimum Gasteiger partial charge on any atom is -0.377 e. The molecule has 0 aliphatic carbocycles. The second-order valence-corrected chi connectivity index (χ2v) is 4.05. The minimum absolute atomic E-state index is 0.382. The van der Waals surface area contributed by atoms with Gasteiger partial charge >= 0.3 is 0 Å². The predicted octanol–water partition coefficient (Wildman–Crippen LogP) is 1.01. The molecule has 0 saturated carbocycles. The molecule has 2 N–H and O–H groups in total. The molecule has 0 radical (unpaired) electrons. The zero-order valence-corrected chi connectivity index (χ0v) is 11.3. The van der Waals surface area contributed by atoms with Gasteiger partial charge in [-0.25, -0.2) is 15.0 Å². The van der Waals surface area contributed by atoms with Gasteiger partial charge in [-0.3, -0.25) is 0 Å². The highest BCUT2D eigenvalue weighted by molar-refractivity contribution is 5.47. The second kappa shape index (κ2) is 6.14. The smallest absolute Gasteiger partial charge is 0.158 e. The molecule has 0 spiro atoms. The molecular formula is C12H18N6O. The molecule has 2 aromatic heterocycles. The molecule has 0 amide bonds. The molecule has 0 aliphatic rings. The van der Waals surface area contributed by atoms with Crippen molar-refractivity contribution in [1.29, 1.82) is 0 Å². The average Bonchev–Trinajstić information content (AvgIpc) is 2.82. The van der Waals surface area contributed by atoms with Crippen LogP contribution in [-0.2, 0) is 24.9 Å². The molecule has 2 heterocycles. The molecule has 7 nitrogen and oxygen atoms in total. The predicted molar refractivity (Wildman–Crippen MR) is 72.8 cm³/mol. The van der Waals surface area contributed by atoms with Crippen molar-refractivity contribution >= 4 is 11.6 Å². The van der Waals surface area contributed by atoms with E-state index < -0.39 is 0 Å². The van der Waals surface area contributed by atoms with Gasteiger partial charge in [0.15, 0.2) is 5.82 Å². The van der Waals surface area contributed by atoms with E-state index in [1.54, 1.807) is 13.3 Å². The number of aryl methyl sites for hydroxylation is 1. The van der Waals surface area contributed by atoms with E-state index in [-0.39, 0.29) is 0 Å². The van der Waals surface area contributed by atoms with Crippen LogP contribution in [0.1, 0.15) is 11.6 Å². The highest BCUT2D eigenvalue weighted by Crippen LogP contribution is 2.12. The third-order valence-corrected chi connectivity index (χ3v) is 2.65. The fourth-order valence-corrected chi connectivity index (χ4v) is 1.65. The summed E-state index contributed by atoms with van der Waals surface area (Å²) in [5, 5.41) is 6.23. The lowest BCUT2D eigenvalue weighted by atomic mass is 10.4. The Morgan fingerprint density at radius 1 is 1.32 bits per heavy atom. The summed E-state index contributed by atoms with van der Waals surface area (Å²) in [6.07, 6.45) is 3.68. The van der Waals surface area contributed by atoms with Crippen molar-refractivity contribution in [1.82, 2.24) is 19.5 Å². The molecule has 0 saturated heterocycles. The van der Waals surface area contributed by atoms with Gasteiger partial charge in [0.05, 0.1) is 6.54 Å². The molecule has 2 aromatic rings. The number of anilines is 2. The van der Waals surface area contributed by atoms with Gasteiger partial charge in [-0.05, 0) is 0 Å². The van der Waals surface area contributed by atoms with Crippen LogP contribution < -0.4 is 10.6 Å². The molecule has 102 valence electrons. The van der Waals surface area contributed by atoms with Crippen molar-refractivity contribution in [2.45, 2.75) is 13.2 Å². The number of hydrogen-bond donors (Lipinski definition) is 2. The topological polar surface area (TPSA) is 76.9 Å². The first-order valence-corrected chi connectivity index (χ1v) is 5.97. The molecule has 0 aromatic carbocycles. The summed E-state index contributed by atoms with van der Waals surface area (Å²) in [4.78, 5) is 12.9. The van der Waals surface area contributed by atoms with Gasteiger partial charge in [0.1, 0.15) is 24.1 Å². The monoisotopic (exact) mass is 262 g/mol. The Kier molecular flexibility index (Phi) is 4.30. The third kappa shape index (κ3) is 3.41. The van der Waals surface area contributed by atoms with Crippen LogP contribution in [0, 0.1) is 0 Å². The van der Waals surface area contributed by atoms with Crippen LogP contribution in [0.25, 0.3) is 0 Å². The van der Waals surface area contributed by atoms with E-state index in [0.29, 0.717) is 19.0 Å². The van der Waals surface area contributed by atoms with E-state index >= 15 is 0 Å². The molecule has 19 heavy (non-hydrogen) atoms. The maximum Gasteiger partial charge on any atom is 0.158 e. The van der Waals surface area contributed by atoms with Gasteiger partial charge in [-0.1, -0.05) is 0 Å². The van der Waals surface area contributed by atoms with Crippen LogP contribution in [0.15, 0.2) is 18.5 Å². The summed E-state index contributed by atoms with van der Waals surface area (Å²) in [6, 6.07) is 1.85. The minimum atomic E-state index is 0.382. The Bertz CT molecular complexity index is 539. The molecular weight excluding hydrogens is 244 g/mol. The Morgan fingerprint density at radius 2 is 2.11 bits per heavy atom. The molecule has 0 aliphatic heterocycles. The lowest BCUT2D eigenvalue weighted by molar-refractivity contribution is 0.178. The van der Waals surface area contributed by atoms with Crippen LogP contribution in [-0.4, -0.2) is 33.7 Å². The number of hydrogen-bond acceptors (Lipinski definition) is 6. The first kappa shape index (κ1) is 13.3. The summed E-state index contributed by atoms with van der Waals surface area (Å²) in [5.74, 6) is 3.08. The largest absolute Gasteiger partial charge is 0.377 e. The van der Waals surface area contributed by atoms with Crippen LogP contribution in [0.5, 0.6) is 0 Å². The van der Waals surface area contributed by atoms with Gasteiger partial charge in [-0.2, -0.15) is 0 Å². The first-order chi connectivity index (χ1) is 9.22. The molecule has 0 atom stereocenters. The van der Waals surface area contributed by atoms with Gasteiger partial charge in [0, 0.05) is 39.7 Å². The Morgan fingerprint density at radius 3 is 2.74 bits per heavy atom. The fraction of sp³-hybridized carbons (Fsp3) is 0.417. The average molecular weight is 262 g/mol. The van der Waals surface area contributed by atoms with E-state index in [1.165, 1.54) is 0 Å². The number of ether oxygens (including phenoxy) is 1. The summed E-state index contributed by atoms with van der Waals surface area (Å²) in [5.41, 5.74) is 0. The Hall–Kier alpha value is -2.15. The standard InChI is InChI=1S/C12H18N6O/c1-13-9-6-10(17-11(16-9)8-19-3)15-7-12-14-4-5-18(12)2/h4-6H,7-8H2,1-3H3,(H2,13,15,16,17). The number of aromatic nitrogens is 4. The zero-order valence-electron chi connectivity index (χ0n) is 11.3. The molecule has 2 rings (SSSR count). The van der Waals surface area contributed by atoms with E-state index in [2.05, 4.69) is 25.6 Å². The zero-order chi connectivity index (χ0) is 13.7. The summed E-state index contributed by atoms with van der Waals surface area (Å²) >= 11 is 0. The summed E-state index contributed by atoms with van der Waals surface area (Å²) in [7, 11) is 5.40. The Labute approximate surface area is 112 Å². The van der Waals surface area contributed by atoms with E-state index in [4.69, 9.17) is 4.74 Å². The van der Waals surface area contributed by atoms with Gasteiger partial charge in [0.2, 0.25) is 0 Å². The number of nitrogens with zero attached hydrogens (tertiary/aromatic N) is 4. The van der Waals surface area contributed by atoms with Crippen LogP contribution in [0.3, 0.4) is 0 Å². The number of rotatable bonds is 6. The van der Waals surface area contributed by atoms with E-state index in [9.17, 15) is 0 Å². The van der Waals surface area contributed by atoms with Crippen molar-refractivity contribution in [3.05, 3.63) is 30.1 Å². The van der Waals surface area contributed by atoms with Gasteiger partial charge in [0.25, 0.3) is 0 Å². The van der Waals surface area contributed by atoms with Crippen LogP contribution >= 0.6 is 0 Å². The molecule has 0 unspecified atom stereocenters. The van der Waals surface area contributed by atoms with Crippen molar-refractivity contribution in [3.63, 3.8) is 0 Å². The number of nitrogens with one attached hydrogen (secondary N) is 2. The second-order valence-electron chi connectivity index (χ2n) is 4.05. The normalized spacial score (nSPS) is 10.5. The highest BCUT2D eigenvalue weighted by Gasteiger charge is 2.05. The molecule has 0 fully saturated rings. The number of methoxy groups -OCH3 is 1. The summed E-state index contributed by atoms with van der Waals surface area (Å²) in [6.45, 7) is 0.989. The van der Waals surface area contributed by atoms with E-state index in [1.807, 2.05) is 30.9 Å². The van der Waals surface area contributed by atoms with Crippen molar-refractivity contribution in [3.8, 4) is 0 Å². The fourth-order valence-electron chi connectivity index (χ4n) is 1.65. The maximum atomic E-state index is 5.05. The van der Waals surface area contributed by atoms with Crippen LogP contribution in [0.2, 0.25) is 0 Å². The lowest BCUT2D eigenvalue weighted by Gasteiger charge is -2.09. The maximum absolute atomic E-state index is 5.05. The molecule has 0 bridgehead atoms. The molecule has 7 heteroatoms. The SMILES string of the molecule is CNc1cc(NCc2nccn2C)nc(COC)n1. The van der Waals surface area contributed by atoms with Crippen molar-refractivity contribution in [2.75, 3.05) is 24.8 Å². The quantitative estimate of drug-likeness (QED) is 0.809. The first-order valence-electron chi connectivity index (χ1n) is 5.97. The third-order valence-electron chi connectivity index (χ3n) is 2.65. The van der Waals surface area contributed by atoms with Gasteiger partial charge < -0.3 is 19.9 Å². The van der Waals surface area contributed by atoms with Crippen LogP contribution in [0.4, 0.5) is 11.6 Å². The Balaban J connectivity index is 2.10. The van der Waals surface area contributed by atoms with Crippen molar-refractivity contribution in [2.24, 2.45) is 7.05 Å². The van der Waals surface area contributed by atoms with E-state index in [0.717, 1.165) is 17.5 Å². The summed E-state index contributed by atoms with van der Waals surface area (Å²) < 4.78 is 7.02. The van der Waals surface area contributed by atoms with Gasteiger partial charge in [-0.15, -0.1) is 0 Å². The highest BCUT2D eigenvalue weighted by atomic mass is 16.5. The lowest BCUT2D eigenvalue weighted by Crippen LogP contribution is -2.09. The van der Waals surface area contributed by atoms with Crippen molar-refractivity contribution < 1.29 is 4.74 Å².